The van der Waals surface area contributed by atoms with E-state index in [9.17, 15) is 9.90 Å². The molecule has 86 valence electrons. The number of rotatable bonds is 4. The molecule has 0 unspecified atom stereocenters. The van der Waals surface area contributed by atoms with Gasteiger partial charge in [0.15, 0.2) is 5.78 Å². The predicted molar refractivity (Wildman–Crippen MR) is 63.9 cm³/mol. The second-order valence-corrected chi connectivity index (χ2v) is 4.52. The first-order valence-electron chi connectivity index (χ1n) is 5.16. The summed E-state index contributed by atoms with van der Waals surface area (Å²) in [6, 6.07) is 6.50. The molecule has 0 radical (unpaired) electrons. The minimum absolute atomic E-state index is 0.130. The smallest absolute Gasteiger partial charge is 0.155 e. The number of halogens is 1. The van der Waals surface area contributed by atoms with Gasteiger partial charge in [0.1, 0.15) is 0 Å². The molecule has 0 aromatic heterocycles. The van der Waals surface area contributed by atoms with Gasteiger partial charge in [-0.25, -0.2) is 0 Å². The first-order chi connectivity index (χ1) is 7.49. The van der Waals surface area contributed by atoms with Crippen LogP contribution in [0, 0.1) is 5.92 Å². The van der Waals surface area contributed by atoms with E-state index in [1.54, 1.807) is 24.3 Å². The molecular formula is C13H14ClO2-. The highest BCUT2D eigenvalue weighted by Crippen LogP contribution is 2.14. The van der Waals surface area contributed by atoms with E-state index in [1.165, 1.54) is 0 Å². The normalized spacial score (nSPS) is 11.9. The first kappa shape index (κ1) is 12.8. The van der Waals surface area contributed by atoms with Gasteiger partial charge in [0, 0.05) is 11.4 Å². The number of hydrogen-bond donors (Lipinski definition) is 0. The van der Waals surface area contributed by atoms with Crippen molar-refractivity contribution in [1.29, 1.82) is 0 Å². The average Bonchev–Trinajstić information content (AvgIpc) is 2.16. The van der Waals surface area contributed by atoms with Crippen LogP contribution in [-0.4, -0.2) is 5.78 Å². The van der Waals surface area contributed by atoms with E-state index in [0.717, 1.165) is 6.08 Å². The molecule has 0 aliphatic heterocycles. The highest BCUT2D eigenvalue weighted by atomic mass is 35.5. The molecule has 1 rings (SSSR count). The van der Waals surface area contributed by atoms with Gasteiger partial charge in [0.2, 0.25) is 0 Å². The second kappa shape index (κ2) is 5.71. The molecule has 0 spiro atoms. The van der Waals surface area contributed by atoms with Crippen molar-refractivity contribution in [3.8, 4) is 0 Å². The van der Waals surface area contributed by atoms with Crippen molar-refractivity contribution in [2.45, 2.75) is 20.3 Å². The van der Waals surface area contributed by atoms with Gasteiger partial charge in [0.05, 0.1) is 0 Å². The molecule has 1 aromatic carbocycles. The van der Waals surface area contributed by atoms with Crippen molar-refractivity contribution < 1.29 is 9.90 Å². The van der Waals surface area contributed by atoms with E-state index in [0.29, 0.717) is 17.0 Å². The van der Waals surface area contributed by atoms with Crippen LogP contribution in [-0.2, 0) is 4.79 Å². The summed E-state index contributed by atoms with van der Waals surface area (Å²) in [6.45, 7) is 3.89. The number of ketones is 1. The van der Waals surface area contributed by atoms with Crippen LogP contribution in [0.4, 0.5) is 0 Å². The summed E-state index contributed by atoms with van der Waals surface area (Å²) in [5.74, 6) is -0.126. The zero-order chi connectivity index (χ0) is 12.1. The molecule has 0 amide bonds. The third-order valence-corrected chi connectivity index (χ3v) is 2.28. The lowest BCUT2D eigenvalue weighted by Crippen LogP contribution is -2.07. The second-order valence-electron chi connectivity index (χ2n) is 4.08. The maximum absolute atomic E-state index is 11.6. The molecule has 0 aliphatic rings. The van der Waals surface area contributed by atoms with Crippen LogP contribution in [0.3, 0.4) is 0 Å². The van der Waals surface area contributed by atoms with Gasteiger partial charge in [0.25, 0.3) is 0 Å². The highest BCUT2D eigenvalue weighted by molar-refractivity contribution is 6.30. The van der Waals surface area contributed by atoms with Gasteiger partial charge in [-0.15, -0.1) is 0 Å². The molecule has 1 aromatic rings. The van der Waals surface area contributed by atoms with E-state index >= 15 is 0 Å². The number of benzene rings is 1. The van der Waals surface area contributed by atoms with Crippen LogP contribution in [0.25, 0.3) is 5.76 Å². The lowest BCUT2D eigenvalue weighted by atomic mass is 10.1. The maximum atomic E-state index is 11.6. The van der Waals surface area contributed by atoms with Crippen molar-refractivity contribution >= 4 is 23.1 Å². The molecule has 0 saturated heterocycles. The van der Waals surface area contributed by atoms with Crippen molar-refractivity contribution in [3.63, 3.8) is 0 Å². The Hall–Kier alpha value is -1.28. The molecule has 0 saturated carbocycles. The molecule has 0 N–H and O–H groups in total. The van der Waals surface area contributed by atoms with Gasteiger partial charge >= 0.3 is 0 Å². The van der Waals surface area contributed by atoms with Gasteiger partial charge in [-0.2, -0.15) is 0 Å². The summed E-state index contributed by atoms with van der Waals surface area (Å²) in [6.07, 6.45) is 1.56. The maximum Gasteiger partial charge on any atom is 0.155 e. The fraction of sp³-hybridized carbons (Fsp3) is 0.308. The molecule has 0 bridgehead atoms. The SMILES string of the molecule is CC(C)CC(=O)/C=C(\[O-])c1ccc(Cl)cc1. The minimum atomic E-state index is -0.262. The minimum Gasteiger partial charge on any atom is -0.872 e. The monoisotopic (exact) mass is 237 g/mol. The standard InChI is InChI=1S/C13H15ClO2/c1-9(2)7-12(15)8-13(16)10-3-5-11(14)6-4-10/h3-6,8-9,16H,7H2,1-2H3/p-1/b13-8-. The van der Waals surface area contributed by atoms with E-state index in [1.807, 2.05) is 13.8 Å². The topological polar surface area (TPSA) is 40.1 Å². The van der Waals surface area contributed by atoms with Gasteiger partial charge < -0.3 is 5.11 Å². The summed E-state index contributed by atoms with van der Waals surface area (Å²) in [5.41, 5.74) is 0.488. The zero-order valence-corrected chi connectivity index (χ0v) is 10.1. The summed E-state index contributed by atoms with van der Waals surface area (Å²) < 4.78 is 0. The van der Waals surface area contributed by atoms with Crippen LogP contribution in [0.15, 0.2) is 30.3 Å². The Kier molecular flexibility index (Phi) is 4.56. The van der Waals surface area contributed by atoms with Gasteiger partial charge in [-0.1, -0.05) is 43.3 Å². The number of carbonyl (C=O) groups is 1. The van der Waals surface area contributed by atoms with E-state index in [2.05, 4.69) is 0 Å². The van der Waals surface area contributed by atoms with Crippen LogP contribution >= 0.6 is 11.6 Å². The summed E-state index contributed by atoms with van der Waals surface area (Å²) in [4.78, 5) is 11.4. The molecular weight excluding hydrogens is 224 g/mol. The molecule has 0 atom stereocenters. The fourth-order valence-electron chi connectivity index (χ4n) is 1.30. The van der Waals surface area contributed by atoms with Crippen LogP contribution < -0.4 is 5.11 Å². The van der Waals surface area contributed by atoms with E-state index in [-0.39, 0.29) is 17.5 Å². The van der Waals surface area contributed by atoms with E-state index < -0.39 is 0 Å². The predicted octanol–water partition coefficient (Wildman–Crippen LogP) is 2.66. The quantitative estimate of drug-likeness (QED) is 0.597. The Bertz CT molecular complexity index is 391. The molecule has 0 fully saturated rings. The fourth-order valence-corrected chi connectivity index (χ4v) is 1.43. The number of allylic oxidation sites excluding steroid dienone is 1. The van der Waals surface area contributed by atoms with Gasteiger partial charge in [-0.3, -0.25) is 4.79 Å². The molecule has 2 nitrogen and oxygen atoms in total. The lowest BCUT2D eigenvalue weighted by molar-refractivity contribution is -0.243. The Balaban J connectivity index is 2.77. The largest absolute Gasteiger partial charge is 0.872 e. The summed E-state index contributed by atoms with van der Waals surface area (Å²) >= 11 is 5.70. The van der Waals surface area contributed by atoms with Crippen molar-refractivity contribution in [1.82, 2.24) is 0 Å². The number of carbonyl (C=O) groups excluding carboxylic acids is 1. The number of hydrogen-bond acceptors (Lipinski definition) is 2. The summed E-state index contributed by atoms with van der Waals surface area (Å²) in [7, 11) is 0. The third-order valence-electron chi connectivity index (χ3n) is 2.03. The molecule has 0 heterocycles. The zero-order valence-electron chi connectivity index (χ0n) is 9.37. The Labute approximate surface area is 101 Å². The van der Waals surface area contributed by atoms with E-state index in [4.69, 9.17) is 11.6 Å². The van der Waals surface area contributed by atoms with Crippen molar-refractivity contribution in [2.75, 3.05) is 0 Å². The van der Waals surface area contributed by atoms with Crippen LogP contribution in [0.2, 0.25) is 5.02 Å². The molecule has 3 heteroatoms. The highest BCUT2D eigenvalue weighted by Gasteiger charge is 2.01. The third kappa shape index (κ3) is 4.07. The summed E-state index contributed by atoms with van der Waals surface area (Å²) in [5, 5.41) is 12.2. The molecule has 16 heavy (non-hydrogen) atoms. The van der Waals surface area contributed by atoms with Crippen molar-refractivity contribution in [3.05, 3.63) is 40.9 Å². The first-order valence-corrected chi connectivity index (χ1v) is 5.54. The Morgan fingerprint density at radius 1 is 1.38 bits per heavy atom. The lowest BCUT2D eigenvalue weighted by Gasteiger charge is -2.12. The van der Waals surface area contributed by atoms with Crippen molar-refractivity contribution in [2.24, 2.45) is 5.92 Å². The van der Waals surface area contributed by atoms with Gasteiger partial charge in [-0.05, 0) is 29.7 Å². The average molecular weight is 238 g/mol. The molecule has 0 aliphatic carbocycles. The Morgan fingerprint density at radius 2 is 1.94 bits per heavy atom. The van der Waals surface area contributed by atoms with Crippen LogP contribution in [0.5, 0.6) is 0 Å². The Morgan fingerprint density at radius 3 is 2.44 bits per heavy atom. The van der Waals surface area contributed by atoms with Crippen LogP contribution in [0.1, 0.15) is 25.8 Å².